The Morgan fingerprint density at radius 2 is 2.20 bits per heavy atom. The van der Waals surface area contributed by atoms with Crippen LogP contribution in [-0.2, 0) is 4.79 Å². The third-order valence-corrected chi connectivity index (χ3v) is 3.10. The van der Waals surface area contributed by atoms with Crippen LogP contribution in [0.25, 0.3) is 0 Å². The number of nitrogens with one attached hydrogen (secondary N) is 1. The maximum atomic E-state index is 11.6. The molecule has 0 aliphatic rings. The van der Waals surface area contributed by atoms with Crippen molar-refractivity contribution in [3.8, 4) is 0 Å². The molecule has 0 aromatic heterocycles. The van der Waals surface area contributed by atoms with Crippen LogP contribution in [0.3, 0.4) is 0 Å². The predicted octanol–water partition coefficient (Wildman–Crippen LogP) is 3.74. The van der Waals surface area contributed by atoms with Gasteiger partial charge in [-0.3, -0.25) is 4.79 Å². The van der Waals surface area contributed by atoms with E-state index >= 15 is 0 Å². The zero-order valence-electron chi connectivity index (χ0n) is 9.30. The molecule has 0 spiro atoms. The maximum Gasteiger partial charge on any atom is 0.227 e. The van der Waals surface area contributed by atoms with Gasteiger partial charge in [0, 0.05) is 10.4 Å². The zero-order valence-corrected chi connectivity index (χ0v) is 10.9. The number of anilines is 1. The number of halogens is 1. The molecule has 0 aliphatic heterocycles. The lowest BCUT2D eigenvalue weighted by molar-refractivity contribution is -0.119. The minimum atomic E-state index is 0.0539. The Hall–Kier alpha value is -0.830. The first-order valence-corrected chi connectivity index (χ1v) is 5.91. The molecule has 82 valence electrons. The number of carbonyl (C=O) groups is 1. The molecule has 1 aromatic rings. The standard InChI is InChI=1S/C12H16BrNO/c1-4-9(3)12(15)14-11-6-5-8(2)7-10(11)13/h5-7,9H,4H2,1-3H3,(H,14,15). The first-order chi connectivity index (χ1) is 7.04. The fourth-order valence-electron chi connectivity index (χ4n) is 1.16. The SMILES string of the molecule is CCC(C)C(=O)Nc1ccc(C)cc1Br. The molecule has 0 aliphatic carbocycles. The quantitative estimate of drug-likeness (QED) is 0.890. The van der Waals surface area contributed by atoms with Gasteiger partial charge in [0.1, 0.15) is 0 Å². The van der Waals surface area contributed by atoms with Crippen molar-refractivity contribution >= 4 is 27.5 Å². The van der Waals surface area contributed by atoms with E-state index in [4.69, 9.17) is 0 Å². The number of hydrogen-bond acceptors (Lipinski definition) is 1. The average Bonchev–Trinajstić information content (AvgIpc) is 2.20. The molecule has 0 radical (unpaired) electrons. The van der Waals surface area contributed by atoms with Gasteiger partial charge in [0.05, 0.1) is 5.69 Å². The summed E-state index contributed by atoms with van der Waals surface area (Å²) < 4.78 is 0.930. The first-order valence-electron chi connectivity index (χ1n) is 5.11. The molecular weight excluding hydrogens is 254 g/mol. The third kappa shape index (κ3) is 3.34. The van der Waals surface area contributed by atoms with Gasteiger partial charge in [-0.25, -0.2) is 0 Å². The Balaban J connectivity index is 2.77. The normalized spacial score (nSPS) is 12.3. The molecule has 3 heteroatoms. The summed E-state index contributed by atoms with van der Waals surface area (Å²) in [4.78, 5) is 11.6. The van der Waals surface area contributed by atoms with Crippen LogP contribution in [0.1, 0.15) is 25.8 Å². The van der Waals surface area contributed by atoms with Crippen LogP contribution in [0.2, 0.25) is 0 Å². The second-order valence-corrected chi connectivity index (χ2v) is 4.64. The maximum absolute atomic E-state index is 11.6. The molecule has 0 saturated carbocycles. The highest BCUT2D eigenvalue weighted by Crippen LogP contribution is 2.23. The van der Waals surface area contributed by atoms with Gasteiger partial charge in [-0.1, -0.05) is 19.9 Å². The first kappa shape index (κ1) is 12.2. The Morgan fingerprint density at radius 3 is 2.73 bits per heavy atom. The molecule has 0 heterocycles. The highest BCUT2D eigenvalue weighted by Gasteiger charge is 2.11. The number of aryl methyl sites for hydroxylation is 1. The fourth-order valence-corrected chi connectivity index (χ4v) is 1.76. The summed E-state index contributed by atoms with van der Waals surface area (Å²) in [7, 11) is 0. The number of benzene rings is 1. The zero-order chi connectivity index (χ0) is 11.4. The van der Waals surface area contributed by atoms with Gasteiger partial charge in [-0.05, 0) is 47.0 Å². The Kier molecular flexibility index (Phi) is 4.33. The van der Waals surface area contributed by atoms with Crippen molar-refractivity contribution in [3.05, 3.63) is 28.2 Å². The summed E-state index contributed by atoms with van der Waals surface area (Å²) in [5.41, 5.74) is 2.01. The highest BCUT2D eigenvalue weighted by molar-refractivity contribution is 9.10. The molecule has 0 saturated heterocycles. The second kappa shape index (κ2) is 5.31. The van der Waals surface area contributed by atoms with E-state index < -0.39 is 0 Å². The Labute approximate surface area is 99.2 Å². The molecule has 0 fully saturated rings. The fraction of sp³-hybridized carbons (Fsp3) is 0.417. The van der Waals surface area contributed by atoms with Crippen LogP contribution in [0.5, 0.6) is 0 Å². The molecule has 1 atom stereocenters. The molecule has 1 N–H and O–H groups in total. The van der Waals surface area contributed by atoms with E-state index in [-0.39, 0.29) is 11.8 Å². The van der Waals surface area contributed by atoms with Crippen molar-refractivity contribution in [2.45, 2.75) is 27.2 Å². The summed E-state index contributed by atoms with van der Waals surface area (Å²) in [5, 5.41) is 2.90. The topological polar surface area (TPSA) is 29.1 Å². The van der Waals surface area contributed by atoms with Crippen molar-refractivity contribution in [1.82, 2.24) is 0 Å². The van der Waals surface area contributed by atoms with E-state index in [0.29, 0.717) is 0 Å². The van der Waals surface area contributed by atoms with Crippen LogP contribution in [0, 0.1) is 12.8 Å². The van der Waals surface area contributed by atoms with Crippen LogP contribution >= 0.6 is 15.9 Å². The summed E-state index contributed by atoms with van der Waals surface area (Å²) in [5.74, 6) is 0.125. The molecule has 0 bridgehead atoms. The van der Waals surface area contributed by atoms with Gasteiger partial charge >= 0.3 is 0 Å². The van der Waals surface area contributed by atoms with E-state index in [1.54, 1.807) is 0 Å². The van der Waals surface area contributed by atoms with Crippen LogP contribution < -0.4 is 5.32 Å². The smallest absolute Gasteiger partial charge is 0.227 e. The number of carbonyl (C=O) groups excluding carboxylic acids is 1. The van der Waals surface area contributed by atoms with Crippen LogP contribution in [-0.4, -0.2) is 5.91 Å². The van der Waals surface area contributed by atoms with E-state index in [9.17, 15) is 4.79 Å². The van der Waals surface area contributed by atoms with Gasteiger partial charge < -0.3 is 5.32 Å². The van der Waals surface area contributed by atoms with Crippen molar-refractivity contribution in [1.29, 1.82) is 0 Å². The van der Waals surface area contributed by atoms with Crippen molar-refractivity contribution in [2.75, 3.05) is 5.32 Å². The summed E-state index contributed by atoms with van der Waals surface area (Å²) in [6.07, 6.45) is 0.856. The van der Waals surface area contributed by atoms with Gasteiger partial charge in [0.15, 0.2) is 0 Å². The molecule has 1 aromatic carbocycles. The van der Waals surface area contributed by atoms with Crippen molar-refractivity contribution < 1.29 is 4.79 Å². The second-order valence-electron chi connectivity index (χ2n) is 3.78. The minimum Gasteiger partial charge on any atom is -0.325 e. The lowest BCUT2D eigenvalue weighted by Crippen LogP contribution is -2.19. The monoisotopic (exact) mass is 269 g/mol. The van der Waals surface area contributed by atoms with Crippen LogP contribution in [0.15, 0.2) is 22.7 Å². The van der Waals surface area contributed by atoms with E-state index in [0.717, 1.165) is 16.6 Å². The minimum absolute atomic E-state index is 0.0539. The van der Waals surface area contributed by atoms with Gasteiger partial charge in [0.25, 0.3) is 0 Å². The summed E-state index contributed by atoms with van der Waals surface area (Å²) in [6, 6.07) is 5.89. The van der Waals surface area contributed by atoms with E-state index in [1.165, 1.54) is 5.56 Å². The summed E-state index contributed by atoms with van der Waals surface area (Å²) in [6.45, 7) is 5.96. The van der Waals surface area contributed by atoms with Gasteiger partial charge in [-0.2, -0.15) is 0 Å². The van der Waals surface area contributed by atoms with Gasteiger partial charge in [0.2, 0.25) is 5.91 Å². The highest BCUT2D eigenvalue weighted by atomic mass is 79.9. The Bertz CT molecular complexity index is 363. The van der Waals surface area contributed by atoms with Crippen LogP contribution in [0.4, 0.5) is 5.69 Å². The lowest BCUT2D eigenvalue weighted by Gasteiger charge is -2.11. The van der Waals surface area contributed by atoms with Crippen molar-refractivity contribution in [2.24, 2.45) is 5.92 Å². The molecule has 1 rings (SSSR count). The van der Waals surface area contributed by atoms with Crippen molar-refractivity contribution in [3.63, 3.8) is 0 Å². The van der Waals surface area contributed by atoms with Gasteiger partial charge in [-0.15, -0.1) is 0 Å². The molecule has 1 amide bonds. The van der Waals surface area contributed by atoms with E-state index in [2.05, 4.69) is 21.2 Å². The largest absolute Gasteiger partial charge is 0.325 e. The number of hydrogen-bond donors (Lipinski definition) is 1. The molecule has 2 nitrogen and oxygen atoms in total. The number of amides is 1. The average molecular weight is 270 g/mol. The predicted molar refractivity (Wildman–Crippen MR) is 67.0 cm³/mol. The summed E-state index contributed by atoms with van der Waals surface area (Å²) >= 11 is 3.43. The van der Waals surface area contributed by atoms with E-state index in [1.807, 2.05) is 39.0 Å². The number of rotatable bonds is 3. The molecule has 15 heavy (non-hydrogen) atoms. The Morgan fingerprint density at radius 1 is 1.53 bits per heavy atom. The third-order valence-electron chi connectivity index (χ3n) is 2.44. The lowest BCUT2D eigenvalue weighted by atomic mass is 10.1. The molecule has 1 unspecified atom stereocenters. The molecular formula is C12H16BrNO.